The Morgan fingerprint density at radius 2 is 1.00 bits per heavy atom. The van der Waals surface area contributed by atoms with Gasteiger partial charge >= 0.3 is 0 Å². The van der Waals surface area contributed by atoms with Crippen molar-refractivity contribution >= 4 is 11.8 Å². The largest absolute Gasteiger partial charge is 0.484 e. The molecular formula is C31H36N4O4. The number of amides is 2. The summed E-state index contributed by atoms with van der Waals surface area (Å²) in [6.07, 6.45) is 9.74. The van der Waals surface area contributed by atoms with Gasteiger partial charge in [0.25, 0.3) is 11.8 Å². The first kappa shape index (κ1) is 28.0. The molecule has 8 nitrogen and oxygen atoms in total. The van der Waals surface area contributed by atoms with E-state index >= 15 is 0 Å². The molecule has 2 aliphatic rings. The van der Waals surface area contributed by atoms with Gasteiger partial charge in [0.05, 0.1) is 23.3 Å². The SMILES string of the molecule is N#Cc1ccc(OCC(=O)NC2CCC(CC3CCC(NC(=O)COc4ccc(C#N)cc4)CC3)CC2)cc1. The number of rotatable bonds is 10. The third-order valence-electron chi connectivity index (χ3n) is 7.80. The second kappa shape index (κ2) is 14.2. The van der Waals surface area contributed by atoms with Crippen LogP contribution in [-0.2, 0) is 9.59 Å². The molecule has 0 unspecified atom stereocenters. The molecule has 2 aromatic carbocycles. The number of ether oxygens (including phenoxy) is 2. The molecule has 2 aromatic rings. The molecule has 0 aliphatic heterocycles. The van der Waals surface area contributed by atoms with Crippen LogP contribution in [0.5, 0.6) is 11.5 Å². The lowest BCUT2D eigenvalue weighted by molar-refractivity contribution is -0.124. The van der Waals surface area contributed by atoms with Crippen molar-refractivity contribution in [2.45, 2.75) is 69.9 Å². The first-order chi connectivity index (χ1) is 19.0. The second-order valence-corrected chi connectivity index (χ2v) is 10.7. The summed E-state index contributed by atoms with van der Waals surface area (Å²) in [4.78, 5) is 24.6. The molecule has 2 saturated carbocycles. The van der Waals surface area contributed by atoms with Gasteiger partial charge in [-0.2, -0.15) is 10.5 Å². The third kappa shape index (κ3) is 9.04. The molecule has 0 saturated heterocycles. The maximum atomic E-state index is 12.3. The predicted molar refractivity (Wildman–Crippen MR) is 146 cm³/mol. The van der Waals surface area contributed by atoms with E-state index in [2.05, 4.69) is 22.8 Å². The van der Waals surface area contributed by atoms with Crippen molar-refractivity contribution < 1.29 is 19.1 Å². The average Bonchev–Trinajstić information content (AvgIpc) is 2.97. The molecule has 8 heteroatoms. The van der Waals surface area contributed by atoms with E-state index in [1.807, 2.05) is 0 Å². The average molecular weight is 529 g/mol. The van der Waals surface area contributed by atoms with Crippen molar-refractivity contribution in [2.75, 3.05) is 13.2 Å². The zero-order valence-electron chi connectivity index (χ0n) is 22.2. The number of nitrogens with one attached hydrogen (secondary N) is 2. The standard InChI is InChI=1S/C31H36N4O4/c32-18-24-5-13-28(14-6-24)38-20-30(36)34-26-9-1-22(2-10-26)17-23-3-11-27(12-4-23)35-31(37)21-39-29-15-7-25(19-33)8-16-29/h5-8,13-16,22-23,26-27H,1-4,9-12,17,20-21H2,(H,34,36)(H,35,37). The molecule has 0 aromatic heterocycles. The first-order valence-electron chi connectivity index (χ1n) is 13.9. The summed E-state index contributed by atoms with van der Waals surface area (Å²) in [5.41, 5.74) is 1.12. The minimum atomic E-state index is -0.106. The van der Waals surface area contributed by atoms with Crippen LogP contribution in [-0.4, -0.2) is 37.1 Å². The van der Waals surface area contributed by atoms with Crippen LogP contribution in [0, 0.1) is 34.5 Å². The lowest BCUT2D eigenvalue weighted by atomic mass is 9.75. The minimum Gasteiger partial charge on any atom is -0.484 e. The monoisotopic (exact) mass is 528 g/mol. The fourth-order valence-electron chi connectivity index (χ4n) is 5.64. The summed E-state index contributed by atoms with van der Waals surface area (Å²) < 4.78 is 11.1. The Bertz CT molecular complexity index is 1070. The molecule has 2 fully saturated rings. The Kier molecular flexibility index (Phi) is 10.2. The molecule has 0 radical (unpaired) electrons. The summed E-state index contributed by atoms with van der Waals surface area (Å²) in [7, 11) is 0. The van der Waals surface area contributed by atoms with Crippen molar-refractivity contribution in [3.05, 3.63) is 59.7 Å². The Balaban J connectivity index is 1.06. The zero-order valence-corrected chi connectivity index (χ0v) is 22.2. The number of hydrogen-bond acceptors (Lipinski definition) is 6. The van der Waals surface area contributed by atoms with Gasteiger partial charge in [0.15, 0.2) is 13.2 Å². The topological polar surface area (TPSA) is 124 Å². The van der Waals surface area contributed by atoms with Gasteiger partial charge in [-0.1, -0.05) is 0 Å². The molecule has 2 aliphatic carbocycles. The highest BCUT2D eigenvalue weighted by molar-refractivity contribution is 5.78. The van der Waals surface area contributed by atoms with Crippen molar-refractivity contribution in [2.24, 2.45) is 11.8 Å². The van der Waals surface area contributed by atoms with Crippen molar-refractivity contribution in [3.8, 4) is 23.6 Å². The maximum absolute atomic E-state index is 12.3. The Morgan fingerprint density at radius 1 is 0.641 bits per heavy atom. The van der Waals surface area contributed by atoms with Gasteiger partial charge in [-0.25, -0.2) is 0 Å². The summed E-state index contributed by atoms with van der Waals surface area (Å²) in [5, 5.41) is 23.9. The van der Waals surface area contributed by atoms with E-state index in [4.69, 9.17) is 20.0 Å². The second-order valence-electron chi connectivity index (χ2n) is 10.7. The quantitative estimate of drug-likeness (QED) is 0.463. The van der Waals surface area contributed by atoms with Crippen LogP contribution in [0.15, 0.2) is 48.5 Å². The molecule has 2 N–H and O–H groups in total. The zero-order chi connectivity index (χ0) is 27.5. The molecule has 39 heavy (non-hydrogen) atoms. The molecule has 0 spiro atoms. The van der Waals surface area contributed by atoms with Gasteiger partial charge in [0.1, 0.15) is 11.5 Å². The minimum absolute atomic E-state index is 0.0207. The lowest BCUT2D eigenvalue weighted by Gasteiger charge is -2.34. The fourth-order valence-corrected chi connectivity index (χ4v) is 5.64. The van der Waals surface area contributed by atoms with Gasteiger partial charge < -0.3 is 20.1 Å². The van der Waals surface area contributed by atoms with Crippen LogP contribution in [0.4, 0.5) is 0 Å². The molecule has 0 heterocycles. The van der Waals surface area contributed by atoms with E-state index in [9.17, 15) is 9.59 Å². The summed E-state index contributed by atoms with van der Waals surface area (Å²) >= 11 is 0. The molecule has 4 rings (SSSR count). The maximum Gasteiger partial charge on any atom is 0.258 e. The highest BCUT2D eigenvalue weighted by Crippen LogP contribution is 2.35. The van der Waals surface area contributed by atoms with Crippen LogP contribution in [0.1, 0.15) is 68.9 Å². The van der Waals surface area contributed by atoms with Crippen molar-refractivity contribution in [1.29, 1.82) is 10.5 Å². The third-order valence-corrected chi connectivity index (χ3v) is 7.80. The Hall–Kier alpha value is -4.04. The van der Waals surface area contributed by atoms with Gasteiger partial charge in [-0.05, 0) is 118 Å². The number of hydrogen-bond donors (Lipinski definition) is 2. The number of nitrogens with zero attached hydrogens (tertiary/aromatic N) is 2. The number of carbonyl (C=O) groups is 2. The summed E-state index contributed by atoms with van der Waals surface area (Å²) in [5.74, 6) is 2.35. The summed E-state index contributed by atoms with van der Waals surface area (Å²) in [6.45, 7) is -0.0413. The Morgan fingerprint density at radius 3 is 1.33 bits per heavy atom. The molecule has 2 amide bonds. The predicted octanol–water partition coefficient (Wildman–Crippen LogP) is 4.63. The van der Waals surface area contributed by atoms with E-state index in [1.54, 1.807) is 48.5 Å². The van der Waals surface area contributed by atoms with Crippen LogP contribution < -0.4 is 20.1 Å². The number of benzene rings is 2. The molecule has 0 bridgehead atoms. The van der Waals surface area contributed by atoms with E-state index < -0.39 is 0 Å². The van der Waals surface area contributed by atoms with E-state index in [-0.39, 0.29) is 37.1 Å². The molecule has 204 valence electrons. The molecular weight excluding hydrogens is 492 g/mol. The smallest absolute Gasteiger partial charge is 0.258 e. The van der Waals surface area contributed by atoms with Gasteiger partial charge in [0, 0.05) is 12.1 Å². The van der Waals surface area contributed by atoms with Crippen molar-refractivity contribution in [1.82, 2.24) is 10.6 Å². The van der Waals surface area contributed by atoms with Crippen LogP contribution in [0.2, 0.25) is 0 Å². The first-order valence-corrected chi connectivity index (χ1v) is 13.9. The van der Waals surface area contributed by atoms with E-state index in [1.165, 1.54) is 6.42 Å². The van der Waals surface area contributed by atoms with Gasteiger partial charge in [-0.15, -0.1) is 0 Å². The molecule has 0 atom stereocenters. The fraction of sp³-hybridized carbons (Fsp3) is 0.484. The van der Waals surface area contributed by atoms with E-state index in [0.29, 0.717) is 34.5 Å². The summed E-state index contributed by atoms with van der Waals surface area (Å²) in [6, 6.07) is 18.0. The number of nitriles is 2. The van der Waals surface area contributed by atoms with Gasteiger partial charge in [-0.3, -0.25) is 9.59 Å². The highest BCUT2D eigenvalue weighted by Gasteiger charge is 2.28. The van der Waals surface area contributed by atoms with E-state index in [0.717, 1.165) is 51.4 Å². The lowest BCUT2D eigenvalue weighted by Crippen LogP contribution is -2.41. The van der Waals surface area contributed by atoms with Crippen LogP contribution >= 0.6 is 0 Å². The van der Waals surface area contributed by atoms with Gasteiger partial charge in [0.2, 0.25) is 0 Å². The van der Waals surface area contributed by atoms with Crippen LogP contribution in [0.25, 0.3) is 0 Å². The Labute approximate surface area is 230 Å². The van der Waals surface area contributed by atoms with Crippen LogP contribution in [0.3, 0.4) is 0 Å². The van der Waals surface area contributed by atoms with Crippen molar-refractivity contribution in [3.63, 3.8) is 0 Å². The normalized spacial score (nSPS) is 22.5. The highest BCUT2D eigenvalue weighted by atomic mass is 16.5. The number of carbonyl (C=O) groups excluding carboxylic acids is 2.